The van der Waals surface area contributed by atoms with Gasteiger partial charge in [-0.3, -0.25) is 14.9 Å². The number of aromatic nitrogens is 3. The highest BCUT2D eigenvalue weighted by atomic mass is 32.2. The van der Waals surface area contributed by atoms with Crippen LogP contribution in [0.3, 0.4) is 0 Å². The Morgan fingerprint density at radius 3 is 3.04 bits per heavy atom. The number of carbonyl (C=O) groups excluding carboxylic acids is 1. The van der Waals surface area contributed by atoms with E-state index in [9.17, 15) is 14.9 Å². The van der Waals surface area contributed by atoms with E-state index in [1.54, 1.807) is 23.7 Å². The molecular formula is C18H19N5O3S2. The molecule has 1 unspecified atom stereocenters. The lowest BCUT2D eigenvalue weighted by Crippen LogP contribution is -2.22. The van der Waals surface area contributed by atoms with Gasteiger partial charge in [0.1, 0.15) is 0 Å². The van der Waals surface area contributed by atoms with Crippen LogP contribution < -0.4 is 5.32 Å². The molecule has 0 saturated carbocycles. The number of aryl methyl sites for hydroxylation is 1. The van der Waals surface area contributed by atoms with E-state index in [2.05, 4.69) is 22.2 Å². The first-order valence-electron chi connectivity index (χ1n) is 8.67. The Labute approximate surface area is 170 Å². The normalized spacial score (nSPS) is 11.9. The van der Waals surface area contributed by atoms with Gasteiger partial charge in [0, 0.05) is 42.0 Å². The van der Waals surface area contributed by atoms with Crippen molar-refractivity contribution in [3.63, 3.8) is 0 Å². The second-order valence-corrected chi connectivity index (χ2v) is 8.16. The molecule has 8 nitrogen and oxygen atoms in total. The topological polar surface area (TPSA) is 103 Å². The van der Waals surface area contributed by atoms with Crippen LogP contribution >= 0.6 is 23.1 Å². The van der Waals surface area contributed by atoms with Gasteiger partial charge in [-0.2, -0.15) is 0 Å². The van der Waals surface area contributed by atoms with Crippen molar-refractivity contribution in [1.29, 1.82) is 0 Å². The number of anilines is 1. The van der Waals surface area contributed by atoms with Crippen LogP contribution in [0.4, 0.5) is 10.8 Å². The molecule has 1 N–H and O–H groups in total. The molecule has 0 saturated heterocycles. The smallest absolute Gasteiger partial charge is 0.270 e. The van der Waals surface area contributed by atoms with Gasteiger partial charge in [0.2, 0.25) is 5.91 Å². The Hall–Kier alpha value is -2.72. The number of nitro groups is 1. The Morgan fingerprint density at radius 1 is 1.46 bits per heavy atom. The molecule has 2 heterocycles. The molecule has 2 aromatic heterocycles. The molecule has 10 heteroatoms. The molecule has 0 spiro atoms. The summed E-state index contributed by atoms with van der Waals surface area (Å²) in [7, 11) is 0. The molecule has 3 aromatic rings. The number of nitrogens with one attached hydrogen (secondary N) is 1. The summed E-state index contributed by atoms with van der Waals surface area (Å²) in [5.74, 6) is -0.170. The van der Waals surface area contributed by atoms with Crippen molar-refractivity contribution in [3.8, 4) is 11.3 Å². The maximum Gasteiger partial charge on any atom is 0.270 e. The number of thiazole rings is 1. The minimum Gasteiger partial charge on any atom is -0.326 e. The van der Waals surface area contributed by atoms with Gasteiger partial charge in [0.05, 0.1) is 15.9 Å². The van der Waals surface area contributed by atoms with Crippen LogP contribution in [-0.2, 0) is 11.3 Å². The molecule has 0 radical (unpaired) electrons. The number of non-ortho nitro benzene ring substituents is 1. The van der Waals surface area contributed by atoms with Crippen molar-refractivity contribution in [1.82, 2.24) is 14.5 Å². The molecule has 1 aromatic carbocycles. The minimum absolute atomic E-state index is 0.00342. The first kappa shape index (κ1) is 20.0. The van der Waals surface area contributed by atoms with Gasteiger partial charge >= 0.3 is 0 Å². The standard InChI is InChI=1S/C18H19N5O3S2/c1-3-8-22-9-7-19-18(22)28-12(2)16(24)21-17-20-15(11-27-17)13-5-4-6-14(10-13)23(25)26/h4-7,9-12H,3,8H2,1-2H3,(H,20,21,24). The van der Waals surface area contributed by atoms with Gasteiger partial charge < -0.3 is 9.88 Å². The highest BCUT2D eigenvalue weighted by Gasteiger charge is 2.19. The van der Waals surface area contributed by atoms with E-state index in [-0.39, 0.29) is 16.8 Å². The number of benzene rings is 1. The van der Waals surface area contributed by atoms with E-state index in [0.717, 1.165) is 18.1 Å². The highest BCUT2D eigenvalue weighted by molar-refractivity contribution is 8.00. The fourth-order valence-corrected chi connectivity index (χ4v) is 4.10. The zero-order valence-corrected chi connectivity index (χ0v) is 17.0. The average molecular weight is 418 g/mol. The fourth-order valence-electron chi connectivity index (χ4n) is 2.49. The summed E-state index contributed by atoms with van der Waals surface area (Å²) < 4.78 is 2.03. The zero-order valence-electron chi connectivity index (χ0n) is 15.4. The molecular weight excluding hydrogens is 398 g/mol. The summed E-state index contributed by atoms with van der Waals surface area (Å²) >= 11 is 2.67. The molecule has 0 aliphatic carbocycles. The maximum absolute atomic E-state index is 12.5. The number of rotatable bonds is 8. The van der Waals surface area contributed by atoms with E-state index >= 15 is 0 Å². The first-order valence-corrected chi connectivity index (χ1v) is 10.4. The van der Waals surface area contributed by atoms with Crippen LogP contribution in [0.2, 0.25) is 0 Å². The summed E-state index contributed by atoms with van der Waals surface area (Å²) in [6, 6.07) is 6.26. The van der Waals surface area contributed by atoms with Crippen molar-refractivity contribution in [2.45, 2.75) is 37.2 Å². The summed E-state index contributed by atoms with van der Waals surface area (Å²) in [5.41, 5.74) is 1.22. The largest absolute Gasteiger partial charge is 0.326 e. The summed E-state index contributed by atoms with van der Waals surface area (Å²) in [5, 5.41) is 16.4. The van der Waals surface area contributed by atoms with E-state index in [0.29, 0.717) is 16.4 Å². The lowest BCUT2D eigenvalue weighted by atomic mass is 10.1. The quantitative estimate of drug-likeness (QED) is 0.330. The van der Waals surface area contributed by atoms with Crippen molar-refractivity contribution < 1.29 is 9.72 Å². The van der Waals surface area contributed by atoms with E-state index < -0.39 is 4.92 Å². The van der Waals surface area contributed by atoms with Gasteiger partial charge in [-0.05, 0) is 13.3 Å². The van der Waals surface area contributed by atoms with Crippen LogP contribution in [0.1, 0.15) is 20.3 Å². The molecule has 28 heavy (non-hydrogen) atoms. The highest BCUT2D eigenvalue weighted by Crippen LogP contribution is 2.28. The average Bonchev–Trinajstić information content (AvgIpc) is 3.32. The molecule has 0 aliphatic rings. The summed E-state index contributed by atoms with van der Waals surface area (Å²) in [6.07, 6.45) is 4.63. The predicted octanol–water partition coefficient (Wildman–Crippen LogP) is 4.44. The van der Waals surface area contributed by atoms with Gasteiger partial charge in [-0.1, -0.05) is 30.8 Å². The number of hydrogen-bond donors (Lipinski definition) is 1. The molecule has 0 bridgehead atoms. The molecule has 0 aliphatic heterocycles. The number of nitrogens with zero attached hydrogens (tertiary/aromatic N) is 4. The molecule has 0 fully saturated rings. The third-order valence-electron chi connectivity index (χ3n) is 3.88. The number of amides is 1. The van der Waals surface area contributed by atoms with Crippen molar-refractivity contribution in [2.24, 2.45) is 0 Å². The molecule has 1 atom stereocenters. The lowest BCUT2D eigenvalue weighted by Gasteiger charge is -2.11. The van der Waals surface area contributed by atoms with E-state index in [1.807, 2.05) is 17.7 Å². The third-order valence-corrected chi connectivity index (χ3v) is 5.76. The number of carbonyl (C=O) groups is 1. The van der Waals surface area contributed by atoms with Crippen molar-refractivity contribution >= 4 is 39.8 Å². The van der Waals surface area contributed by atoms with Crippen LogP contribution in [0.5, 0.6) is 0 Å². The SMILES string of the molecule is CCCn1ccnc1SC(C)C(=O)Nc1nc(-c2cccc([N+](=O)[O-])c2)cs1. The Morgan fingerprint density at radius 2 is 2.29 bits per heavy atom. The zero-order chi connectivity index (χ0) is 20.1. The maximum atomic E-state index is 12.5. The monoisotopic (exact) mass is 417 g/mol. The van der Waals surface area contributed by atoms with Gasteiger partial charge in [-0.25, -0.2) is 9.97 Å². The third kappa shape index (κ3) is 4.76. The van der Waals surface area contributed by atoms with E-state index in [1.165, 1.54) is 35.2 Å². The minimum atomic E-state index is -0.445. The number of hydrogen-bond acceptors (Lipinski definition) is 7. The molecule has 1 amide bonds. The lowest BCUT2D eigenvalue weighted by molar-refractivity contribution is -0.384. The fraction of sp³-hybridized carbons (Fsp3) is 0.278. The Kier molecular flexibility index (Phi) is 6.42. The van der Waals surface area contributed by atoms with Crippen LogP contribution in [-0.4, -0.2) is 30.6 Å². The number of nitro benzene ring substituents is 1. The Bertz CT molecular complexity index is 985. The Balaban J connectivity index is 1.65. The second-order valence-electron chi connectivity index (χ2n) is 6.00. The van der Waals surface area contributed by atoms with Crippen molar-refractivity contribution in [2.75, 3.05) is 5.32 Å². The summed E-state index contributed by atoms with van der Waals surface area (Å²) in [6.45, 7) is 4.77. The van der Waals surface area contributed by atoms with Gasteiger partial charge in [0.25, 0.3) is 5.69 Å². The van der Waals surface area contributed by atoms with Crippen molar-refractivity contribution in [3.05, 3.63) is 52.2 Å². The number of thioether (sulfide) groups is 1. The van der Waals surface area contributed by atoms with Gasteiger partial charge in [0.15, 0.2) is 10.3 Å². The summed E-state index contributed by atoms with van der Waals surface area (Å²) in [4.78, 5) is 31.7. The predicted molar refractivity (Wildman–Crippen MR) is 111 cm³/mol. The number of imidazole rings is 1. The van der Waals surface area contributed by atoms with E-state index in [4.69, 9.17) is 0 Å². The van der Waals surface area contributed by atoms with Crippen LogP contribution in [0, 0.1) is 10.1 Å². The molecule has 146 valence electrons. The first-order chi connectivity index (χ1) is 13.5. The second kappa shape index (κ2) is 8.98. The van der Waals surface area contributed by atoms with Crippen LogP contribution in [0.15, 0.2) is 47.2 Å². The van der Waals surface area contributed by atoms with Crippen LogP contribution in [0.25, 0.3) is 11.3 Å². The molecule has 3 rings (SSSR count). The van der Waals surface area contributed by atoms with Gasteiger partial charge in [-0.15, -0.1) is 11.3 Å².